The molecule has 0 radical (unpaired) electrons. The predicted molar refractivity (Wildman–Crippen MR) is 53.3 cm³/mol. The SMILES string of the molecule is Cc1nn(C)cc1CNCCCN. The molecule has 4 nitrogen and oxygen atoms in total. The summed E-state index contributed by atoms with van der Waals surface area (Å²) in [7, 11) is 1.94. The van der Waals surface area contributed by atoms with Crippen LogP contribution in [0.2, 0.25) is 0 Å². The van der Waals surface area contributed by atoms with Crippen LogP contribution >= 0.6 is 0 Å². The van der Waals surface area contributed by atoms with Gasteiger partial charge in [-0.25, -0.2) is 0 Å². The van der Waals surface area contributed by atoms with Crippen molar-refractivity contribution in [2.24, 2.45) is 12.8 Å². The Morgan fingerprint density at radius 3 is 2.92 bits per heavy atom. The topological polar surface area (TPSA) is 55.9 Å². The normalized spacial score (nSPS) is 10.7. The molecule has 0 unspecified atom stereocenters. The smallest absolute Gasteiger partial charge is 0.0638 e. The summed E-state index contributed by atoms with van der Waals surface area (Å²) < 4.78 is 1.84. The number of aryl methyl sites for hydroxylation is 2. The lowest BCUT2D eigenvalue weighted by atomic mass is 10.2. The molecular weight excluding hydrogens is 164 g/mol. The molecule has 1 aromatic rings. The molecule has 0 atom stereocenters. The van der Waals surface area contributed by atoms with Gasteiger partial charge in [0.1, 0.15) is 0 Å². The molecule has 0 aromatic carbocycles. The fourth-order valence-corrected chi connectivity index (χ4v) is 1.27. The largest absolute Gasteiger partial charge is 0.330 e. The molecule has 13 heavy (non-hydrogen) atoms. The average molecular weight is 182 g/mol. The van der Waals surface area contributed by atoms with Gasteiger partial charge in [0.15, 0.2) is 0 Å². The van der Waals surface area contributed by atoms with E-state index in [4.69, 9.17) is 5.73 Å². The van der Waals surface area contributed by atoms with Crippen LogP contribution in [-0.2, 0) is 13.6 Å². The fraction of sp³-hybridized carbons (Fsp3) is 0.667. The van der Waals surface area contributed by atoms with Crippen LogP contribution in [0.25, 0.3) is 0 Å². The molecule has 0 saturated carbocycles. The first-order valence-corrected chi connectivity index (χ1v) is 4.64. The first-order chi connectivity index (χ1) is 6.24. The Morgan fingerprint density at radius 1 is 1.62 bits per heavy atom. The van der Waals surface area contributed by atoms with Crippen molar-refractivity contribution in [1.82, 2.24) is 15.1 Å². The number of nitrogens with two attached hydrogens (primary N) is 1. The summed E-state index contributed by atoms with van der Waals surface area (Å²) in [5.74, 6) is 0. The second-order valence-corrected chi connectivity index (χ2v) is 3.23. The maximum Gasteiger partial charge on any atom is 0.0638 e. The Morgan fingerprint density at radius 2 is 2.38 bits per heavy atom. The van der Waals surface area contributed by atoms with Gasteiger partial charge >= 0.3 is 0 Å². The fourth-order valence-electron chi connectivity index (χ4n) is 1.27. The summed E-state index contributed by atoms with van der Waals surface area (Å²) in [6.07, 6.45) is 3.07. The van der Waals surface area contributed by atoms with E-state index in [0.29, 0.717) is 0 Å². The molecule has 1 heterocycles. The van der Waals surface area contributed by atoms with Gasteiger partial charge in [0.05, 0.1) is 5.69 Å². The first-order valence-electron chi connectivity index (χ1n) is 4.64. The molecule has 0 saturated heterocycles. The molecule has 0 aliphatic carbocycles. The zero-order chi connectivity index (χ0) is 9.68. The van der Waals surface area contributed by atoms with E-state index in [1.807, 2.05) is 24.9 Å². The van der Waals surface area contributed by atoms with Gasteiger partial charge in [-0.1, -0.05) is 0 Å². The summed E-state index contributed by atoms with van der Waals surface area (Å²) in [6, 6.07) is 0. The van der Waals surface area contributed by atoms with Gasteiger partial charge in [-0.3, -0.25) is 4.68 Å². The molecule has 0 bridgehead atoms. The maximum absolute atomic E-state index is 5.39. The van der Waals surface area contributed by atoms with E-state index in [1.165, 1.54) is 5.56 Å². The Balaban J connectivity index is 2.32. The molecule has 0 fully saturated rings. The van der Waals surface area contributed by atoms with Gasteiger partial charge in [-0.05, 0) is 26.4 Å². The van der Waals surface area contributed by atoms with Crippen molar-refractivity contribution in [3.05, 3.63) is 17.5 Å². The van der Waals surface area contributed by atoms with Crippen molar-refractivity contribution < 1.29 is 0 Å². The average Bonchev–Trinajstić information content (AvgIpc) is 2.39. The van der Waals surface area contributed by atoms with Crippen LogP contribution in [0.1, 0.15) is 17.7 Å². The number of rotatable bonds is 5. The van der Waals surface area contributed by atoms with Crippen LogP contribution in [0, 0.1) is 6.92 Å². The Bertz CT molecular complexity index is 254. The van der Waals surface area contributed by atoms with Crippen LogP contribution in [0.4, 0.5) is 0 Å². The van der Waals surface area contributed by atoms with E-state index in [9.17, 15) is 0 Å². The van der Waals surface area contributed by atoms with Gasteiger partial charge in [0.25, 0.3) is 0 Å². The van der Waals surface area contributed by atoms with Gasteiger partial charge in [-0.2, -0.15) is 5.10 Å². The van der Waals surface area contributed by atoms with Gasteiger partial charge in [0, 0.05) is 25.4 Å². The van der Waals surface area contributed by atoms with E-state index in [0.717, 1.165) is 31.7 Å². The molecule has 1 aromatic heterocycles. The van der Waals surface area contributed by atoms with E-state index >= 15 is 0 Å². The van der Waals surface area contributed by atoms with E-state index in [-0.39, 0.29) is 0 Å². The summed E-state index contributed by atoms with van der Waals surface area (Å²) >= 11 is 0. The van der Waals surface area contributed by atoms with E-state index in [1.54, 1.807) is 0 Å². The monoisotopic (exact) mass is 182 g/mol. The molecular formula is C9H18N4. The third-order valence-corrected chi connectivity index (χ3v) is 1.99. The lowest BCUT2D eigenvalue weighted by Crippen LogP contribution is -2.17. The Labute approximate surface area is 79.1 Å². The summed E-state index contributed by atoms with van der Waals surface area (Å²) in [4.78, 5) is 0. The standard InChI is InChI=1S/C9H18N4/c1-8-9(7-13(2)12-8)6-11-5-3-4-10/h7,11H,3-6,10H2,1-2H3. The molecule has 0 aliphatic heterocycles. The van der Waals surface area contributed by atoms with Gasteiger partial charge in [-0.15, -0.1) is 0 Å². The third-order valence-electron chi connectivity index (χ3n) is 1.99. The maximum atomic E-state index is 5.39. The molecule has 3 N–H and O–H groups in total. The number of nitrogens with zero attached hydrogens (tertiary/aromatic N) is 2. The lowest BCUT2D eigenvalue weighted by Gasteiger charge is -2.01. The minimum atomic E-state index is 0.749. The highest BCUT2D eigenvalue weighted by atomic mass is 15.2. The predicted octanol–water partition coefficient (Wildman–Crippen LogP) is 0.167. The number of hydrogen-bond donors (Lipinski definition) is 2. The number of hydrogen-bond acceptors (Lipinski definition) is 3. The van der Waals surface area contributed by atoms with Crippen molar-refractivity contribution in [2.75, 3.05) is 13.1 Å². The second kappa shape index (κ2) is 4.99. The minimum Gasteiger partial charge on any atom is -0.330 e. The number of nitrogens with one attached hydrogen (secondary N) is 1. The first kappa shape index (κ1) is 10.2. The van der Waals surface area contributed by atoms with Crippen molar-refractivity contribution in [3.8, 4) is 0 Å². The van der Waals surface area contributed by atoms with Crippen molar-refractivity contribution >= 4 is 0 Å². The second-order valence-electron chi connectivity index (χ2n) is 3.23. The zero-order valence-corrected chi connectivity index (χ0v) is 8.38. The van der Waals surface area contributed by atoms with Crippen molar-refractivity contribution in [1.29, 1.82) is 0 Å². The Kier molecular flexibility index (Phi) is 3.92. The minimum absolute atomic E-state index is 0.749. The molecule has 0 aliphatic rings. The van der Waals surface area contributed by atoms with Gasteiger partial charge < -0.3 is 11.1 Å². The van der Waals surface area contributed by atoms with Crippen LogP contribution in [0.5, 0.6) is 0 Å². The summed E-state index contributed by atoms with van der Waals surface area (Å²) in [5, 5.41) is 7.59. The Hall–Kier alpha value is -0.870. The highest BCUT2D eigenvalue weighted by Crippen LogP contribution is 2.03. The van der Waals surface area contributed by atoms with Crippen LogP contribution < -0.4 is 11.1 Å². The molecule has 0 spiro atoms. The summed E-state index contributed by atoms with van der Waals surface area (Å²) in [5.41, 5.74) is 7.75. The molecule has 1 rings (SSSR count). The zero-order valence-electron chi connectivity index (χ0n) is 8.38. The lowest BCUT2D eigenvalue weighted by molar-refractivity contribution is 0.653. The van der Waals surface area contributed by atoms with Crippen molar-refractivity contribution in [3.63, 3.8) is 0 Å². The van der Waals surface area contributed by atoms with Crippen molar-refractivity contribution in [2.45, 2.75) is 19.9 Å². The van der Waals surface area contributed by atoms with Crippen LogP contribution in [0.15, 0.2) is 6.20 Å². The molecule has 4 heteroatoms. The highest BCUT2D eigenvalue weighted by molar-refractivity contribution is 5.14. The van der Waals surface area contributed by atoms with E-state index < -0.39 is 0 Å². The highest BCUT2D eigenvalue weighted by Gasteiger charge is 2.00. The molecule has 74 valence electrons. The van der Waals surface area contributed by atoms with Crippen LogP contribution in [-0.4, -0.2) is 22.9 Å². The van der Waals surface area contributed by atoms with Crippen LogP contribution in [0.3, 0.4) is 0 Å². The van der Waals surface area contributed by atoms with E-state index in [2.05, 4.69) is 10.4 Å². The quantitative estimate of drug-likeness (QED) is 0.638. The summed E-state index contributed by atoms with van der Waals surface area (Å²) in [6.45, 7) is 4.64. The van der Waals surface area contributed by atoms with Gasteiger partial charge in [0.2, 0.25) is 0 Å². The number of aromatic nitrogens is 2. The molecule has 0 amide bonds. The third kappa shape index (κ3) is 3.16.